The van der Waals surface area contributed by atoms with E-state index in [9.17, 15) is 5.26 Å². The molecule has 0 heterocycles. The number of hydrogen-bond donors (Lipinski definition) is 0. The molecule has 0 N–H and O–H groups in total. The van der Waals surface area contributed by atoms with Crippen LogP contribution in [0.1, 0.15) is 22.3 Å². The van der Waals surface area contributed by atoms with E-state index in [0.29, 0.717) is 42.7 Å². The Bertz CT molecular complexity index is 1230. The van der Waals surface area contributed by atoms with Crippen molar-refractivity contribution in [2.75, 3.05) is 7.11 Å². The molecule has 0 aliphatic carbocycles. The molecule has 0 aromatic heterocycles. The van der Waals surface area contributed by atoms with E-state index in [2.05, 4.69) is 28.1 Å². The minimum absolute atomic E-state index is 0.231. The van der Waals surface area contributed by atoms with Crippen LogP contribution in [0, 0.1) is 22.7 Å². The Labute approximate surface area is 199 Å². The molecule has 31 heavy (non-hydrogen) atoms. The molecule has 0 fully saturated rings. The van der Waals surface area contributed by atoms with Crippen LogP contribution in [0.4, 0.5) is 0 Å². The summed E-state index contributed by atoms with van der Waals surface area (Å²) in [6.45, 7) is 0.231. The molecular weight excluding hydrogens is 499 g/mol. The van der Waals surface area contributed by atoms with Crippen LogP contribution in [0.25, 0.3) is 11.6 Å². The van der Waals surface area contributed by atoms with E-state index < -0.39 is 0 Å². The van der Waals surface area contributed by atoms with Crippen LogP contribution < -0.4 is 9.47 Å². The number of allylic oxidation sites excluding steroid dienone is 1. The highest BCUT2D eigenvalue weighted by atomic mass is 79.9. The highest BCUT2D eigenvalue weighted by Crippen LogP contribution is 2.38. The fraction of sp³-hybridized carbons (Fsp3) is 0.0833. The number of benzene rings is 3. The quantitative estimate of drug-likeness (QED) is 0.256. The van der Waals surface area contributed by atoms with Crippen LogP contribution >= 0.6 is 39.1 Å². The molecule has 0 aliphatic heterocycles. The standard InChI is InChI=1S/C24H15BrCl2N2O2/c1-30-23-10-16(8-19(13-29)17-4-2-15(12-28)3-5-17)9-21(25)24(23)31-14-18-6-7-20(26)11-22(18)27/h2-11H,14H2,1H3/b19-8-. The summed E-state index contributed by atoms with van der Waals surface area (Å²) in [6, 6.07) is 19.9. The second kappa shape index (κ2) is 10.4. The van der Waals surface area contributed by atoms with Crippen LogP contribution in [0.5, 0.6) is 11.5 Å². The van der Waals surface area contributed by atoms with E-state index in [-0.39, 0.29) is 6.61 Å². The lowest BCUT2D eigenvalue weighted by atomic mass is 10.0. The van der Waals surface area contributed by atoms with Gasteiger partial charge in [-0.15, -0.1) is 0 Å². The topological polar surface area (TPSA) is 66.0 Å². The molecule has 0 atom stereocenters. The lowest BCUT2D eigenvalue weighted by Gasteiger charge is -2.14. The molecule has 0 unspecified atom stereocenters. The highest BCUT2D eigenvalue weighted by molar-refractivity contribution is 9.10. The number of hydrogen-bond acceptors (Lipinski definition) is 4. The second-order valence-corrected chi connectivity index (χ2v) is 8.12. The maximum atomic E-state index is 9.60. The molecule has 154 valence electrons. The Morgan fingerprint density at radius 2 is 1.81 bits per heavy atom. The van der Waals surface area contributed by atoms with Crippen LogP contribution in [-0.4, -0.2) is 7.11 Å². The van der Waals surface area contributed by atoms with Crippen LogP contribution in [0.15, 0.2) is 59.1 Å². The molecule has 0 aliphatic rings. The molecule has 0 spiro atoms. The summed E-state index contributed by atoms with van der Waals surface area (Å²) in [7, 11) is 1.54. The molecule has 3 aromatic carbocycles. The number of methoxy groups -OCH3 is 1. The number of nitrogens with zero attached hydrogens (tertiary/aromatic N) is 2. The lowest BCUT2D eigenvalue weighted by Crippen LogP contribution is -2.00. The predicted molar refractivity (Wildman–Crippen MR) is 126 cm³/mol. The minimum atomic E-state index is 0.231. The SMILES string of the molecule is COc1cc(/C=C(/C#N)c2ccc(C#N)cc2)cc(Br)c1OCc1ccc(Cl)cc1Cl. The van der Waals surface area contributed by atoms with Crippen molar-refractivity contribution in [3.8, 4) is 23.6 Å². The Morgan fingerprint density at radius 1 is 1.06 bits per heavy atom. The molecule has 4 nitrogen and oxygen atoms in total. The third-order valence-corrected chi connectivity index (χ3v) is 5.57. The molecule has 0 bridgehead atoms. The van der Waals surface area contributed by atoms with Gasteiger partial charge in [0.25, 0.3) is 0 Å². The van der Waals surface area contributed by atoms with E-state index in [1.807, 2.05) is 6.07 Å². The molecule has 7 heteroatoms. The zero-order valence-corrected chi connectivity index (χ0v) is 19.4. The van der Waals surface area contributed by atoms with Crippen LogP contribution in [0.2, 0.25) is 10.0 Å². The highest BCUT2D eigenvalue weighted by Gasteiger charge is 2.13. The smallest absolute Gasteiger partial charge is 0.175 e. The third kappa shape index (κ3) is 5.60. The van der Waals surface area contributed by atoms with E-state index in [4.69, 9.17) is 37.9 Å². The summed E-state index contributed by atoms with van der Waals surface area (Å²) in [6.07, 6.45) is 1.74. The first-order chi connectivity index (χ1) is 14.9. The summed E-state index contributed by atoms with van der Waals surface area (Å²) in [4.78, 5) is 0. The van der Waals surface area contributed by atoms with Gasteiger partial charge in [-0.2, -0.15) is 10.5 Å². The Hall–Kier alpha value is -2.96. The fourth-order valence-corrected chi connectivity index (χ4v) is 3.86. The van der Waals surface area contributed by atoms with Crippen molar-refractivity contribution in [1.82, 2.24) is 0 Å². The second-order valence-electron chi connectivity index (χ2n) is 6.42. The van der Waals surface area contributed by atoms with Gasteiger partial charge in [0.15, 0.2) is 11.5 Å². The van der Waals surface area contributed by atoms with Gasteiger partial charge < -0.3 is 9.47 Å². The first kappa shape index (κ1) is 22.7. The normalized spacial score (nSPS) is 10.8. The summed E-state index contributed by atoms with van der Waals surface area (Å²) in [5.41, 5.74) is 3.25. The third-order valence-electron chi connectivity index (χ3n) is 4.40. The van der Waals surface area contributed by atoms with Crippen molar-refractivity contribution < 1.29 is 9.47 Å². The first-order valence-corrected chi connectivity index (χ1v) is 10.6. The first-order valence-electron chi connectivity index (χ1n) is 9.01. The largest absolute Gasteiger partial charge is 0.493 e. The maximum absolute atomic E-state index is 9.60. The van der Waals surface area contributed by atoms with Gasteiger partial charge in [0.2, 0.25) is 0 Å². The minimum Gasteiger partial charge on any atom is -0.493 e. The molecule has 3 aromatic rings. The zero-order valence-electron chi connectivity index (χ0n) is 16.3. The van der Waals surface area contributed by atoms with E-state index in [1.54, 1.807) is 61.7 Å². The number of rotatable bonds is 6. The van der Waals surface area contributed by atoms with Gasteiger partial charge in [0.05, 0.1) is 34.9 Å². The average Bonchev–Trinajstić information content (AvgIpc) is 2.77. The van der Waals surface area contributed by atoms with Crippen molar-refractivity contribution in [2.45, 2.75) is 6.61 Å². The molecule has 0 amide bonds. The monoisotopic (exact) mass is 512 g/mol. The van der Waals surface area contributed by atoms with Crippen molar-refractivity contribution in [2.24, 2.45) is 0 Å². The van der Waals surface area contributed by atoms with Crippen LogP contribution in [0.3, 0.4) is 0 Å². The van der Waals surface area contributed by atoms with Gasteiger partial charge in [-0.25, -0.2) is 0 Å². The van der Waals surface area contributed by atoms with E-state index in [1.165, 1.54) is 0 Å². The number of halogens is 3. The summed E-state index contributed by atoms with van der Waals surface area (Å²) >= 11 is 15.7. The predicted octanol–water partition coefficient (Wildman–Crippen LogP) is 7.28. The van der Waals surface area contributed by atoms with Gasteiger partial charge in [-0.05, 0) is 69.5 Å². The number of ether oxygens (including phenoxy) is 2. The van der Waals surface area contributed by atoms with Crippen molar-refractivity contribution in [1.29, 1.82) is 10.5 Å². The molecule has 0 saturated carbocycles. The summed E-state index contributed by atoms with van der Waals surface area (Å²) in [5.74, 6) is 1.02. The lowest BCUT2D eigenvalue weighted by molar-refractivity contribution is 0.282. The van der Waals surface area contributed by atoms with E-state index in [0.717, 1.165) is 11.1 Å². The van der Waals surface area contributed by atoms with Crippen molar-refractivity contribution >= 4 is 50.8 Å². The van der Waals surface area contributed by atoms with Gasteiger partial charge in [0.1, 0.15) is 6.61 Å². The summed E-state index contributed by atoms with van der Waals surface area (Å²) < 4.78 is 12.1. The van der Waals surface area contributed by atoms with Gasteiger partial charge in [-0.3, -0.25) is 0 Å². The molecule has 3 rings (SSSR count). The Kier molecular flexibility index (Phi) is 7.60. The van der Waals surface area contributed by atoms with Crippen LogP contribution in [-0.2, 0) is 6.61 Å². The average molecular weight is 514 g/mol. The number of nitriles is 2. The molecular formula is C24H15BrCl2N2O2. The fourth-order valence-electron chi connectivity index (χ4n) is 2.82. The van der Waals surface area contributed by atoms with Gasteiger partial charge in [-0.1, -0.05) is 41.4 Å². The molecule has 0 radical (unpaired) electrons. The zero-order chi connectivity index (χ0) is 22.4. The van der Waals surface area contributed by atoms with E-state index >= 15 is 0 Å². The molecule has 0 saturated heterocycles. The van der Waals surface area contributed by atoms with Crippen molar-refractivity contribution in [3.05, 3.63) is 91.4 Å². The maximum Gasteiger partial charge on any atom is 0.175 e. The Balaban J connectivity index is 1.89. The Morgan fingerprint density at radius 3 is 2.42 bits per heavy atom. The van der Waals surface area contributed by atoms with Crippen molar-refractivity contribution in [3.63, 3.8) is 0 Å². The summed E-state index contributed by atoms with van der Waals surface area (Å²) in [5, 5.41) is 19.6. The van der Waals surface area contributed by atoms with Gasteiger partial charge in [0, 0.05) is 15.6 Å². The van der Waals surface area contributed by atoms with Gasteiger partial charge >= 0.3 is 0 Å².